The SMILES string of the molecule is Cc1ccc(CNc2ncnc(NNC(=O)c3ccccc3[N+](=O)[O-])c2[N+](=O)[O-])cc1. The predicted molar refractivity (Wildman–Crippen MR) is 111 cm³/mol. The first kappa shape index (κ1) is 21.1. The van der Waals surface area contributed by atoms with Gasteiger partial charge in [0.2, 0.25) is 11.6 Å². The Hall–Kier alpha value is -4.61. The van der Waals surface area contributed by atoms with Crippen molar-refractivity contribution in [2.24, 2.45) is 0 Å². The van der Waals surface area contributed by atoms with Crippen LogP contribution < -0.4 is 16.2 Å². The average Bonchev–Trinajstić information content (AvgIpc) is 2.76. The molecule has 0 saturated carbocycles. The highest BCUT2D eigenvalue weighted by molar-refractivity contribution is 5.98. The molecule has 12 heteroatoms. The standard InChI is InChI=1S/C19H17N7O5/c1-12-6-8-13(9-7-12)10-20-17-16(26(30)31)18(22-11-21-17)23-24-19(27)14-4-2-3-5-15(14)25(28)29/h2-9,11H,10H2,1H3,(H,24,27)(H2,20,21,22,23). The molecule has 0 atom stereocenters. The van der Waals surface area contributed by atoms with E-state index in [2.05, 4.69) is 26.1 Å². The van der Waals surface area contributed by atoms with Gasteiger partial charge in [-0.2, -0.15) is 0 Å². The number of rotatable bonds is 8. The van der Waals surface area contributed by atoms with E-state index in [-0.39, 0.29) is 23.7 Å². The number of carbonyl (C=O) groups excluding carboxylic acids is 1. The molecule has 3 aromatic rings. The minimum Gasteiger partial charge on any atom is -0.360 e. The second-order valence-corrected chi connectivity index (χ2v) is 6.37. The highest BCUT2D eigenvalue weighted by Gasteiger charge is 2.24. The quantitative estimate of drug-likeness (QED) is 0.365. The van der Waals surface area contributed by atoms with E-state index in [1.165, 1.54) is 24.3 Å². The van der Waals surface area contributed by atoms with Crippen molar-refractivity contribution in [2.75, 3.05) is 10.7 Å². The van der Waals surface area contributed by atoms with Crippen LogP contribution in [0.4, 0.5) is 23.0 Å². The van der Waals surface area contributed by atoms with Crippen molar-refractivity contribution in [1.82, 2.24) is 15.4 Å². The zero-order chi connectivity index (χ0) is 22.4. The fraction of sp³-hybridized carbons (Fsp3) is 0.105. The lowest BCUT2D eigenvalue weighted by Gasteiger charge is -2.11. The maximum atomic E-state index is 12.3. The summed E-state index contributed by atoms with van der Waals surface area (Å²) in [6.07, 6.45) is 1.09. The molecule has 158 valence electrons. The first-order chi connectivity index (χ1) is 14.9. The van der Waals surface area contributed by atoms with E-state index in [9.17, 15) is 25.0 Å². The maximum Gasteiger partial charge on any atom is 0.354 e. The number of hydrogen-bond acceptors (Lipinski definition) is 9. The van der Waals surface area contributed by atoms with Gasteiger partial charge < -0.3 is 5.32 Å². The number of amides is 1. The van der Waals surface area contributed by atoms with E-state index in [1.54, 1.807) is 0 Å². The molecule has 0 spiro atoms. The number of carbonyl (C=O) groups is 1. The van der Waals surface area contributed by atoms with Gasteiger partial charge in [0.15, 0.2) is 0 Å². The van der Waals surface area contributed by atoms with E-state index in [0.717, 1.165) is 17.5 Å². The minimum absolute atomic E-state index is 0.0528. The summed E-state index contributed by atoms with van der Waals surface area (Å²) in [4.78, 5) is 41.3. The van der Waals surface area contributed by atoms with Gasteiger partial charge in [-0.05, 0) is 18.6 Å². The summed E-state index contributed by atoms with van der Waals surface area (Å²) >= 11 is 0. The molecule has 0 fully saturated rings. The molecule has 1 heterocycles. The van der Waals surface area contributed by atoms with Gasteiger partial charge in [-0.15, -0.1) is 0 Å². The van der Waals surface area contributed by atoms with Crippen LogP contribution in [0.15, 0.2) is 54.9 Å². The van der Waals surface area contributed by atoms with Crippen LogP contribution in [-0.4, -0.2) is 25.7 Å². The van der Waals surface area contributed by atoms with Gasteiger partial charge in [-0.1, -0.05) is 42.0 Å². The molecule has 0 saturated heterocycles. The molecule has 0 unspecified atom stereocenters. The lowest BCUT2D eigenvalue weighted by Crippen LogP contribution is -2.31. The number of nitrogens with one attached hydrogen (secondary N) is 3. The van der Waals surface area contributed by atoms with Crippen molar-refractivity contribution in [3.05, 3.63) is 91.8 Å². The van der Waals surface area contributed by atoms with Crippen molar-refractivity contribution < 1.29 is 14.6 Å². The third kappa shape index (κ3) is 5.06. The number of aryl methyl sites for hydroxylation is 1. The summed E-state index contributed by atoms with van der Waals surface area (Å²) in [5.41, 5.74) is 5.41. The fourth-order valence-electron chi connectivity index (χ4n) is 2.67. The van der Waals surface area contributed by atoms with Crippen LogP contribution in [0, 0.1) is 27.2 Å². The normalized spacial score (nSPS) is 10.2. The largest absolute Gasteiger partial charge is 0.360 e. The summed E-state index contributed by atoms with van der Waals surface area (Å²) < 4.78 is 0. The fourth-order valence-corrected chi connectivity index (χ4v) is 2.67. The molecule has 2 aromatic carbocycles. The van der Waals surface area contributed by atoms with Crippen LogP contribution in [0.5, 0.6) is 0 Å². The number of benzene rings is 2. The molecule has 3 N–H and O–H groups in total. The number of para-hydroxylation sites is 1. The third-order valence-corrected chi connectivity index (χ3v) is 4.23. The number of hydrogen-bond donors (Lipinski definition) is 3. The summed E-state index contributed by atoms with van der Waals surface area (Å²) in [6, 6.07) is 12.9. The van der Waals surface area contributed by atoms with Crippen LogP contribution in [0.25, 0.3) is 0 Å². The van der Waals surface area contributed by atoms with Crippen molar-refractivity contribution >= 4 is 28.9 Å². The lowest BCUT2D eigenvalue weighted by molar-refractivity contribution is -0.385. The molecule has 31 heavy (non-hydrogen) atoms. The Morgan fingerprint density at radius 2 is 1.65 bits per heavy atom. The van der Waals surface area contributed by atoms with Crippen LogP contribution in [0.1, 0.15) is 21.5 Å². The van der Waals surface area contributed by atoms with Gasteiger partial charge in [0.25, 0.3) is 11.6 Å². The molecule has 0 bridgehead atoms. The van der Waals surface area contributed by atoms with Crippen molar-refractivity contribution in [3.8, 4) is 0 Å². The van der Waals surface area contributed by atoms with Gasteiger partial charge in [0.1, 0.15) is 11.9 Å². The molecule has 1 aromatic heterocycles. The van der Waals surface area contributed by atoms with Gasteiger partial charge in [0, 0.05) is 12.6 Å². The molecular formula is C19H17N7O5. The number of nitro benzene ring substituents is 1. The van der Waals surface area contributed by atoms with Gasteiger partial charge in [-0.3, -0.25) is 35.9 Å². The number of nitro groups is 2. The third-order valence-electron chi connectivity index (χ3n) is 4.23. The Bertz CT molecular complexity index is 1130. The zero-order valence-electron chi connectivity index (χ0n) is 16.2. The zero-order valence-corrected chi connectivity index (χ0v) is 16.2. The van der Waals surface area contributed by atoms with Crippen LogP contribution >= 0.6 is 0 Å². The molecule has 0 aliphatic carbocycles. The minimum atomic E-state index is -0.852. The molecule has 0 aliphatic heterocycles. The number of nitrogens with zero attached hydrogens (tertiary/aromatic N) is 4. The molecule has 1 amide bonds. The average molecular weight is 423 g/mol. The molecule has 0 radical (unpaired) electrons. The Morgan fingerprint density at radius 1 is 0.968 bits per heavy atom. The predicted octanol–water partition coefficient (Wildman–Crippen LogP) is 2.97. The highest BCUT2D eigenvalue weighted by Crippen LogP contribution is 2.29. The van der Waals surface area contributed by atoms with Gasteiger partial charge >= 0.3 is 5.69 Å². The monoisotopic (exact) mass is 423 g/mol. The number of anilines is 2. The van der Waals surface area contributed by atoms with Crippen LogP contribution in [0.2, 0.25) is 0 Å². The number of aromatic nitrogens is 2. The van der Waals surface area contributed by atoms with E-state index in [0.29, 0.717) is 0 Å². The molecule has 0 aliphatic rings. The van der Waals surface area contributed by atoms with Crippen molar-refractivity contribution in [2.45, 2.75) is 13.5 Å². The highest BCUT2D eigenvalue weighted by atomic mass is 16.6. The van der Waals surface area contributed by atoms with Crippen LogP contribution in [-0.2, 0) is 6.54 Å². The topological polar surface area (TPSA) is 165 Å². The van der Waals surface area contributed by atoms with E-state index in [4.69, 9.17) is 0 Å². The van der Waals surface area contributed by atoms with E-state index >= 15 is 0 Å². The van der Waals surface area contributed by atoms with Gasteiger partial charge in [0.05, 0.1) is 9.85 Å². The Labute approximate surface area is 175 Å². The first-order valence-corrected chi connectivity index (χ1v) is 8.95. The van der Waals surface area contributed by atoms with Crippen LogP contribution in [0.3, 0.4) is 0 Å². The summed E-state index contributed by atoms with van der Waals surface area (Å²) in [5.74, 6) is -1.18. The molecule has 12 nitrogen and oxygen atoms in total. The Balaban J connectivity index is 1.78. The second kappa shape index (κ2) is 9.26. The Kier molecular flexibility index (Phi) is 6.30. The molecule has 3 rings (SSSR count). The van der Waals surface area contributed by atoms with E-state index in [1.807, 2.05) is 31.2 Å². The summed E-state index contributed by atoms with van der Waals surface area (Å²) in [5, 5.41) is 25.6. The summed E-state index contributed by atoms with van der Waals surface area (Å²) in [6.45, 7) is 2.23. The Morgan fingerprint density at radius 3 is 2.32 bits per heavy atom. The first-order valence-electron chi connectivity index (χ1n) is 8.95. The lowest BCUT2D eigenvalue weighted by atomic mass is 10.1. The van der Waals surface area contributed by atoms with E-state index < -0.39 is 27.1 Å². The van der Waals surface area contributed by atoms with Gasteiger partial charge in [-0.25, -0.2) is 9.97 Å². The number of hydrazine groups is 1. The smallest absolute Gasteiger partial charge is 0.354 e. The maximum absolute atomic E-state index is 12.3. The summed E-state index contributed by atoms with van der Waals surface area (Å²) in [7, 11) is 0. The second-order valence-electron chi connectivity index (χ2n) is 6.37. The van der Waals surface area contributed by atoms with Crippen molar-refractivity contribution in [1.29, 1.82) is 0 Å². The van der Waals surface area contributed by atoms with Crippen molar-refractivity contribution in [3.63, 3.8) is 0 Å². The molecular weight excluding hydrogens is 406 g/mol.